The highest BCUT2D eigenvalue weighted by molar-refractivity contribution is 7.97. The van der Waals surface area contributed by atoms with E-state index in [2.05, 4.69) is 4.72 Å². The van der Waals surface area contributed by atoms with Crippen molar-refractivity contribution in [2.24, 2.45) is 0 Å². The lowest BCUT2D eigenvalue weighted by molar-refractivity contribution is 0.0984. The van der Waals surface area contributed by atoms with Gasteiger partial charge in [-0.1, -0.05) is 35.1 Å². The minimum Gasteiger partial charge on any atom is -0.493 e. The maximum Gasteiger partial charge on any atom is 0.261 e. The van der Waals surface area contributed by atoms with E-state index >= 15 is 0 Å². The standard InChI is InChI=1S/C15H13Cl2NO3S/c1-20-14-7-9(15(19)18-22-2)3-6-13(14)21-10-4-5-11(16)12(17)8-10/h3-8H,1-2H3,(H,18,19). The molecule has 2 rings (SSSR count). The number of methoxy groups -OCH3 is 1. The zero-order chi connectivity index (χ0) is 16.1. The summed E-state index contributed by atoms with van der Waals surface area (Å²) in [5.74, 6) is 1.24. The van der Waals surface area contributed by atoms with E-state index in [-0.39, 0.29) is 5.91 Å². The second-order valence-electron chi connectivity index (χ2n) is 4.18. The van der Waals surface area contributed by atoms with Crippen molar-refractivity contribution in [1.82, 2.24) is 4.72 Å². The van der Waals surface area contributed by atoms with Crippen LogP contribution in [0.1, 0.15) is 10.4 Å². The van der Waals surface area contributed by atoms with Gasteiger partial charge in [-0.25, -0.2) is 0 Å². The first-order chi connectivity index (χ1) is 10.5. The van der Waals surface area contributed by atoms with Crippen LogP contribution in [-0.4, -0.2) is 19.3 Å². The second kappa shape index (κ2) is 7.63. The highest BCUT2D eigenvalue weighted by Crippen LogP contribution is 2.34. The Morgan fingerprint density at radius 1 is 1.09 bits per heavy atom. The van der Waals surface area contributed by atoms with Gasteiger partial charge in [0.25, 0.3) is 5.91 Å². The van der Waals surface area contributed by atoms with Crippen LogP contribution in [0.5, 0.6) is 17.2 Å². The van der Waals surface area contributed by atoms with E-state index in [0.29, 0.717) is 32.9 Å². The van der Waals surface area contributed by atoms with Crippen molar-refractivity contribution in [2.45, 2.75) is 0 Å². The Labute approximate surface area is 142 Å². The molecule has 0 aliphatic carbocycles. The first kappa shape index (κ1) is 16.8. The van der Waals surface area contributed by atoms with E-state index in [4.69, 9.17) is 32.7 Å². The summed E-state index contributed by atoms with van der Waals surface area (Å²) in [5, 5.41) is 0.846. The number of amides is 1. The average molecular weight is 358 g/mol. The Morgan fingerprint density at radius 3 is 2.50 bits per heavy atom. The highest BCUT2D eigenvalue weighted by Gasteiger charge is 2.12. The zero-order valence-electron chi connectivity index (χ0n) is 11.9. The lowest BCUT2D eigenvalue weighted by Crippen LogP contribution is -2.15. The van der Waals surface area contributed by atoms with Crippen LogP contribution in [0.25, 0.3) is 0 Å². The third kappa shape index (κ3) is 4.00. The van der Waals surface area contributed by atoms with E-state index in [1.165, 1.54) is 19.1 Å². The Morgan fingerprint density at radius 2 is 1.86 bits per heavy atom. The average Bonchev–Trinajstić information content (AvgIpc) is 2.51. The molecule has 116 valence electrons. The molecular formula is C15H13Cl2NO3S. The Balaban J connectivity index is 2.27. The van der Waals surface area contributed by atoms with Gasteiger partial charge in [0.05, 0.1) is 17.2 Å². The van der Waals surface area contributed by atoms with Crippen molar-refractivity contribution >= 4 is 41.1 Å². The van der Waals surface area contributed by atoms with Crippen molar-refractivity contribution in [3.8, 4) is 17.2 Å². The minimum atomic E-state index is -0.202. The van der Waals surface area contributed by atoms with Crippen LogP contribution in [0.4, 0.5) is 0 Å². The van der Waals surface area contributed by atoms with Gasteiger partial charge < -0.3 is 9.47 Å². The topological polar surface area (TPSA) is 47.6 Å². The fraction of sp³-hybridized carbons (Fsp3) is 0.133. The van der Waals surface area contributed by atoms with Crippen LogP contribution in [0.15, 0.2) is 36.4 Å². The third-order valence-corrected chi connectivity index (χ3v) is 3.87. The smallest absolute Gasteiger partial charge is 0.261 e. The molecule has 0 aliphatic rings. The van der Waals surface area contributed by atoms with E-state index in [9.17, 15) is 4.79 Å². The van der Waals surface area contributed by atoms with E-state index in [1.54, 1.807) is 42.7 Å². The van der Waals surface area contributed by atoms with Crippen molar-refractivity contribution in [2.75, 3.05) is 13.4 Å². The predicted molar refractivity (Wildman–Crippen MR) is 90.5 cm³/mol. The molecule has 0 fully saturated rings. The molecule has 2 aromatic rings. The summed E-state index contributed by atoms with van der Waals surface area (Å²) >= 11 is 13.1. The Bertz CT molecular complexity index is 694. The summed E-state index contributed by atoms with van der Waals surface area (Å²) in [5.41, 5.74) is 0.479. The lowest BCUT2D eigenvalue weighted by Gasteiger charge is -2.12. The van der Waals surface area contributed by atoms with Crippen LogP contribution in [-0.2, 0) is 0 Å². The summed E-state index contributed by atoms with van der Waals surface area (Å²) in [6.45, 7) is 0. The Kier molecular flexibility index (Phi) is 5.83. The van der Waals surface area contributed by atoms with Gasteiger partial charge in [-0.05, 0) is 30.3 Å². The van der Waals surface area contributed by atoms with Gasteiger partial charge in [0, 0.05) is 17.9 Å². The molecule has 0 unspecified atom stereocenters. The quantitative estimate of drug-likeness (QED) is 0.780. The first-order valence-corrected chi connectivity index (χ1v) is 8.17. The molecular weight excluding hydrogens is 345 g/mol. The molecule has 2 aromatic carbocycles. The number of carbonyl (C=O) groups is 1. The van der Waals surface area contributed by atoms with E-state index < -0.39 is 0 Å². The van der Waals surface area contributed by atoms with Gasteiger partial charge in [-0.15, -0.1) is 0 Å². The van der Waals surface area contributed by atoms with Crippen LogP contribution < -0.4 is 14.2 Å². The van der Waals surface area contributed by atoms with Gasteiger partial charge in [0.1, 0.15) is 5.75 Å². The molecule has 0 saturated carbocycles. The van der Waals surface area contributed by atoms with Crippen LogP contribution in [0.2, 0.25) is 10.0 Å². The SMILES string of the molecule is COc1cc(C(=O)NSC)ccc1Oc1ccc(Cl)c(Cl)c1. The fourth-order valence-corrected chi connectivity index (χ4v) is 2.30. The van der Waals surface area contributed by atoms with Gasteiger partial charge in [0.15, 0.2) is 11.5 Å². The number of nitrogens with one attached hydrogen (secondary N) is 1. The number of rotatable bonds is 5. The zero-order valence-corrected chi connectivity index (χ0v) is 14.2. The molecule has 1 amide bonds. The van der Waals surface area contributed by atoms with Gasteiger partial charge in [0.2, 0.25) is 0 Å². The predicted octanol–water partition coefficient (Wildman–Crippen LogP) is 4.80. The summed E-state index contributed by atoms with van der Waals surface area (Å²) in [6.07, 6.45) is 1.77. The molecule has 1 N–H and O–H groups in total. The molecule has 0 aromatic heterocycles. The minimum absolute atomic E-state index is 0.202. The maximum atomic E-state index is 11.8. The largest absolute Gasteiger partial charge is 0.493 e. The van der Waals surface area contributed by atoms with Gasteiger partial charge in [-0.2, -0.15) is 0 Å². The molecule has 0 saturated heterocycles. The second-order valence-corrected chi connectivity index (χ2v) is 5.61. The number of ether oxygens (including phenoxy) is 2. The van der Waals surface area contributed by atoms with Crippen LogP contribution >= 0.6 is 35.1 Å². The normalized spacial score (nSPS) is 10.2. The van der Waals surface area contributed by atoms with Gasteiger partial charge in [-0.3, -0.25) is 9.52 Å². The summed E-state index contributed by atoms with van der Waals surface area (Å²) < 4.78 is 13.6. The third-order valence-electron chi connectivity index (χ3n) is 2.74. The number of halogens is 2. The van der Waals surface area contributed by atoms with E-state index in [1.807, 2.05) is 0 Å². The monoisotopic (exact) mass is 357 g/mol. The van der Waals surface area contributed by atoms with Crippen LogP contribution in [0, 0.1) is 0 Å². The van der Waals surface area contributed by atoms with Crippen molar-refractivity contribution in [3.63, 3.8) is 0 Å². The highest BCUT2D eigenvalue weighted by atomic mass is 35.5. The molecule has 0 bridgehead atoms. The lowest BCUT2D eigenvalue weighted by atomic mass is 10.2. The Hall–Kier alpha value is -1.56. The molecule has 0 aliphatic heterocycles. The molecule has 0 heterocycles. The first-order valence-electron chi connectivity index (χ1n) is 6.19. The maximum absolute atomic E-state index is 11.8. The summed E-state index contributed by atoms with van der Waals surface area (Å²) in [7, 11) is 1.51. The summed E-state index contributed by atoms with van der Waals surface area (Å²) in [6, 6.07) is 9.88. The van der Waals surface area contributed by atoms with Crippen molar-refractivity contribution in [1.29, 1.82) is 0 Å². The molecule has 0 spiro atoms. The molecule has 4 nitrogen and oxygen atoms in total. The molecule has 22 heavy (non-hydrogen) atoms. The van der Waals surface area contributed by atoms with Crippen molar-refractivity contribution < 1.29 is 14.3 Å². The molecule has 7 heteroatoms. The number of carbonyl (C=O) groups excluding carboxylic acids is 1. The number of hydrogen-bond acceptors (Lipinski definition) is 4. The van der Waals surface area contributed by atoms with E-state index in [0.717, 1.165) is 0 Å². The fourth-order valence-electron chi connectivity index (χ4n) is 1.71. The van der Waals surface area contributed by atoms with Crippen LogP contribution in [0.3, 0.4) is 0 Å². The van der Waals surface area contributed by atoms with Crippen molar-refractivity contribution in [3.05, 3.63) is 52.0 Å². The summed E-state index contributed by atoms with van der Waals surface area (Å²) in [4.78, 5) is 11.8. The molecule has 0 radical (unpaired) electrons. The molecule has 0 atom stereocenters. The number of benzene rings is 2. The van der Waals surface area contributed by atoms with Gasteiger partial charge >= 0.3 is 0 Å². The number of hydrogen-bond donors (Lipinski definition) is 1.